The van der Waals surface area contributed by atoms with Crippen molar-refractivity contribution in [2.24, 2.45) is 5.41 Å². The van der Waals surface area contributed by atoms with Crippen LogP contribution in [0.25, 0.3) is 0 Å². The summed E-state index contributed by atoms with van der Waals surface area (Å²) in [5.41, 5.74) is -0.350. The summed E-state index contributed by atoms with van der Waals surface area (Å²) >= 11 is 0. The van der Waals surface area contributed by atoms with E-state index in [1.807, 2.05) is 0 Å². The van der Waals surface area contributed by atoms with Crippen molar-refractivity contribution in [2.75, 3.05) is 6.61 Å². The Morgan fingerprint density at radius 3 is 2.04 bits per heavy atom. The van der Waals surface area contributed by atoms with Crippen molar-refractivity contribution in [3.8, 4) is 0 Å². The average Bonchev–Trinajstić information content (AvgIpc) is 2.49. The molecule has 0 N–H and O–H groups in total. The van der Waals surface area contributed by atoms with E-state index in [0.717, 1.165) is 6.42 Å². The summed E-state index contributed by atoms with van der Waals surface area (Å²) in [5.74, 6) is -0.808. The number of Topliss-reactive ketones (excluding diaryl/α,β-unsaturated/α-hetero) is 1. The van der Waals surface area contributed by atoms with Crippen molar-refractivity contribution in [3.63, 3.8) is 0 Å². The molecule has 0 aliphatic heterocycles. The Balaban J connectivity index is 2.05. The maximum absolute atomic E-state index is 12.5. The number of esters is 2. The lowest BCUT2D eigenvalue weighted by atomic mass is 9.65. The van der Waals surface area contributed by atoms with Crippen LogP contribution in [0.5, 0.6) is 0 Å². The second-order valence-electron chi connectivity index (χ2n) is 7.53. The maximum Gasteiger partial charge on any atom is 0.338 e. The van der Waals surface area contributed by atoms with Gasteiger partial charge in [-0.05, 0) is 52.7 Å². The molecule has 2 rings (SSSR count). The van der Waals surface area contributed by atoms with Crippen molar-refractivity contribution >= 4 is 17.7 Å². The second kappa shape index (κ2) is 7.38. The fraction of sp³-hybridized carbons (Fsp3) is 0.550. The van der Waals surface area contributed by atoms with Gasteiger partial charge in [0.2, 0.25) is 0 Å². The molecule has 1 aliphatic rings. The van der Waals surface area contributed by atoms with Gasteiger partial charge in [0.25, 0.3) is 0 Å². The first-order valence-electron chi connectivity index (χ1n) is 8.71. The molecule has 0 spiro atoms. The molecule has 1 aliphatic carbocycles. The predicted octanol–water partition coefficient (Wildman–Crippen LogP) is 3.95. The molecule has 1 fully saturated rings. The van der Waals surface area contributed by atoms with Crippen molar-refractivity contribution < 1.29 is 23.9 Å². The van der Waals surface area contributed by atoms with E-state index in [2.05, 4.69) is 0 Å². The topological polar surface area (TPSA) is 69.7 Å². The molecule has 0 radical (unpaired) electrons. The predicted molar refractivity (Wildman–Crippen MR) is 93.5 cm³/mol. The van der Waals surface area contributed by atoms with Gasteiger partial charge in [-0.2, -0.15) is 0 Å². The maximum atomic E-state index is 12.5. The van der Waals surface area contributed by atoms with E-state index in [0.29, 0.717) is 30.6 Å². The highest BCUT2D eigenvalue weighted by atomic mass is 16.6. The lowest BCUT2D eigenvalue weighted by Crippen LogP contribution is -2.41. The minimum atomic E-state index is -0.670. The summed E-state index contributed by atoms with van der Waals surface area (Å²) in [7, 11) is 0. The van der Waals surface area contributed by atoms with Gasteiger partial charge < -0.3 is 9.47 Å². The Morgan fingerprint density at radius 1 is 1.04 bits per heavy atom. The number of rotatable bonds is 6. The van der Waals surface area contributed by atoms with Crippen LogP contribution >= 0.6 is 0 Å². The highest BCUT2D eigenvalue weighted by molar-refractivity contribution is 6.00. The summed E-state index contributed by atoms with van der Waals surface area (Å²) < 4.78 is 10.4. The third kappa shape index (κ3) is 4.68. The Morgan fingerprint density at radius 2 is 1.60 bits per heavy atom. The SMILES string of the molecule is CCOC(=O)C1(CC(=O)c2ccc(C(=O)OC(C)(C)C)cc2)CCC1. The largest absolute Gasteiger partial charge is 0.466 e. The zero-order chi connectivity index (χ0) is 18.7. The average molecular weight is 346 g/mol. The van der Waals surface area contributed by atoms with Crippen molar-refractivity contribution in [1.29, 1.82) is 0 Å². The first-order valence-corrected chi connectivity index (χ1v) is 8.71. The van der Waals surface area contributed by atoms with Crippen LogP contribution in [-0.4, -0.2) is 29.9 Å². The van der Waals surface area contributed by atoms with Crippen molar-refractivity contribution in [2.45, 2.75) is 59.0 Å². The van der Waals surface area contributed by atoms with Crippen LogP contribution in [0.2, 0.25) is 0 Å². The van der Waals surface area contributed by atoms with Gasteiger partial charge in [-0.1, -0.05) is 18.6 Å². The van der Waals surface area contributed by atoms with Crippen LogP contribution in [0.1, 0.15) is 74.1 Å². The number of carbonyl (C=O) groups is 3. The van der Waals surface area contributed by atoms with E-state index in [1.165, 1.54) is 0 Å². The van der Waals surface area contributed by atoms with Crippen LogP contribution in [0.4, 0.5) is 0 Å². The Kier molecular flexibility index (Phi) is 5.65. The molecule has 0 saturated heterocycles. The number of carbonyl (C=O) groups excluding carboxylic acids is 3. The molecule has 0 heterocycles. The molecule has 0 unspecified atom stereocenters. The smallest absolute Gasteiger partial charge is 0.338 e. The quantitative estimate of drug-likeness (QED) is 0.576. The van der Waals surface area contributed by atoms with Crippen molar-refractivity contribution in [1.82, 2.24) is 0 Å². The minimum absolute atomic E-state index is 0.108. The third-order valence-corrected chi connectivity index (χ3v) is 4.36. The zero-order valence-corrected chi connectivity index (χ0v) is 15.4. The zero-order valence-electron chi connectivity index (χ0n) is 15.4. The fourth-order valence-electron chi connectivity index (χ4n) is 2.88. The summed E-state index contributed by atoms with van der Waals surface area (Å²) in [6.07, 6.45) is 2.46. The van der Waals surface area contributed by atoms with Gasteiger partial charge in [0, 0.05) is 12.0 Å². The summed E-state index contributed by atoms with van der Waals surface area (Å²) in [5, 5.41) is 0. The number of ketones is 1. The van der Waals surface area contributed by atoms with Crippen LogP contribution in [0.3, 0.4) is 0 Å². The summed E-state index contributed by atoms with van der Waals surface area (Å²) in [4.78, 5) is 36.7. The molecule has 25 heavy (non-hydrogen) atoms. The van der Waals surface area contributed by atoms with Gasteiger partial charge in [-0.15, -0.1) is 0 Å². The van der Waals surface area contributed by atoms with Crippen LogP contribution in [0, 0.1) is 5.41 Å². The Hall–Kier alpha value is -2.17. The third-order valence-electron chi connectivity index (χ3n) is 4.36. The van der Waals surface area contributed by atoms with Gasteiger partial charge in [0.1, 0.15) is 5.60 Å². The Labute approximate surface area is 148 Å². The molecule has 5 nitrogen and oxygen atoms in total. The molecule has 0 bridgehead atoms. The molecule has 0 atom stereocenters. The molecule has 136 valence electrons. The van der Waals surface area contributed by atoms with Crippen LogP contribution in [-0.2, 0) is 14.3 Å². The van der Waals surface area contributed by atoms with E-state index in [-0.39, 0.29) is 18.2 Å². The molecule has 0 amide bonds. The van der Waals surface area contributed by atoms with Crippen LogP contribution < -0.4 is 0 Å². The van der Waals surface area contributed by atoms with E-state index in [4.69, 9.17) is 9.47 Å². The molecule has 0 aromatic heterocycles. The number of benzene rings is 1. The molecule has 1 aromatic rings. The minimum Gasteiger partial charge on any atom is -0.466 e. The normalized spacial score (nSPS) is 15.8. The Bertz CT molecular complexity index is 648. The van der Waals surface area contributed by atoms with Gasteiger partial charge in [0.05, 0.1) is 17.6 Å². The summed E-state index contributed by atoms with van der Waals surface area (Å²) in [6.45, 7) is 7.49. The number of hydrogen-bond donors (Lipinski definition) is 0. The van der Waals surface area contributed by atoms with E-state index in [1.54, 1.807) is 52.0 Å². The van der Waals surface area contributed by atoms with Crippen LogP contribution in [0.15, 0.2) is 24.3 Å². The first-order chi connectivity index (χ1) is 11.7. The van der Waals surface area contributed by atoms with E-state index >= 15 is 0 Å². The van der Waals surface area contributed by atoms with E-state index < -0.39 is 17.0 Å². The number of hydrogen-bond acceptors (Lipinski definition) is 5. The van der Waals surface area contributed by atoms with Gasteiger partial charge in [-0.3, -0.25) is 9.59 Å². The van der Waals surface area contributed by atoms with Gasteiger partial charge in [0.15, 0.2) is 5.78 Å². The summed E-state index contributed by atoms with van der Waals surface area (Å²) in [6, 6.07) is 6.39. The molecule has 1 saturated carbocycles. The molecule has 5 heteroatoms. The second-order valence-corrected chi connectivity index (χ2v) is 7.53. The fourth-order valence-corrected chi connectivity index (χ4v) is 2.88. The highest BCUT2D eigenvalue weighted by Gasteiger charge is 2.47. The van der Waals surface area contributed by atoms with Crippen molar-refractivity contribution in [3.05, 3.63) is 35.4 Å². The lowest BCUT2D eigenvalue weighted by Gasteiger charge is -2.38. The monoisotopic (exact) mass is 346 g/mol. The van der Waals surface area contributed by atoms with Gasteiger partial charge in [-0.25, -0.2) is 4.79 Å². The first kappa shape index (κ1) is 19.2. The van der Waals surface area contributed by atoms with Gasteiger partial charge >= 0.3 is 11.9 Å². The lowest BCUT2D eigenvalue weighted by molar-refractivity contribution is -0.160. The highest BCUT2D eigenvalue weighted by Crippen LogP contribution is 2.45. The molecular formula is C20H26O5. The molecule has 1 aromatic carbocycles. The number of ether oxygens (including phenoxy) is 2. The van der Waals surface area contributed by atoms with E-state index in [9.17, 15) is 14.4 Å². The molecular weight excluding hydrogens is 320 g/mol. The standard InChI is InChI=1S/C20H26O5/c1-5-24-18(23)20(11-6-12-20)13-16(21)14-7-9-15(10-8-14)17(22)25-19(2,3)4/h7-10H,5-6,11-13H2,1-4H3.